The van der Waals surface area contributed by atoms with Crippen LogP contribution in [0.4, 0.5) is 26.3 Å². The van der Waals surface area contributed by atoms with E-state index in [2.05, 4.69) is 5.32 Å². The van der Waals surface area contributed by atoms with Gasteiger partial charge >= 0.3 is 12.1 Å². The minimum absolute atomic E-state index is 0.00412. The lowest BCUT2D eigenvalue weighted by atomic mass is 9.91. The van der Waals surface area contributed by atoms with Gasteiger partial charge < -0.3 is 15.2 Å². The molecule has 6 rings (SSSR count). The first-order valence-electron chi connectivity index (χ1n) is 16.1. The number of carbonyl (C=O) groups excluding carboxylic acids is 1. The monoisotopic (exact) mass is 713 g/mol. The van der Waals surface area contributed by atoms with Crippen LogP contribution >= 0.6 is 0 Å². The van der Waals surface area contributed by atoms with Crippen LogP contribution in [0.1, 0.15) is 57.4 Å². The maximum atomic E-state index is 15.9. The predicted molar refractivity (Wildman–Crippen MR) is 175 cm³/mol. The van der Waals surface area contributed by atoms with Gasteiger partial charge in [0.2, 0.25) is 5.91 Å². The number of pyridine rings is 1. The second-order valence-electron chi connectivity index (χ2n) is 13.1. The number of amides is 1. The average molecular weight is 714 g/mol. The molecule has 268 valence electrons. The zero-order valence-corrected chi connectivity index (χ0v) is 27.7. The van der Waals surface area contributed by atoms with Gasteiger partial charge in [0.15, 0.2) is 0 Å². The number of hydrogen-bond donors (Lipinski definition) is 2. The molecule has 4 bridgehead atoms. The van der Waals surface area contributed by atoms with Gasteiger partial charge in [0.25, 0.3) is 5.56 Å². The summed E-state index contributed by atoms with van der Waals surface area (Å²) in [6, 6.07) is 6.57. The molecule has 3 heterocycles. The van der Waals surface area contributed by atoms with Crippen molar-refractivity contribution in [2.45, 2.75) is 58.0 Å². The lowest BCUT2D eigenvalue weighted by molar-refractivity contribution is -0.139. The predicted octanol–water partition coefficient (Wildman–Crippen LogP) is 6.96. The van der Waals surface area contributed by atoms with Crippen molar-refractivity contribution < 1.29 is 45.8 Å². The Kier molecular flexibility index (Phi) is 9.49. The summed E-state index contributed by atoms with van der Waals surface area (Å²) in [6.07, 6.45) is -6.41. The fourth-order valence-corrected chi connectivity index (χ4v) is 6.80. The summed E-state index contributed by atoms with van der Waals surface area (Å²) in [6.45, 7) is 5.11. The number of halogens is 6. The number of carbonyl (C=O) groups is 2. The molecule has 0 aliphatic carbocycles. The summed E-state index contributed by atoms with van der Waals surface area (Å²) in [7, 11) is 0. The van der Waals surface area contributed by atoms with Crippen molar-refractivity contribution in [3.8, 4) is 22.6 Å². The van der Waals surface area contributed by atoms with Crippen LogP contribution < -0.4 is 15.6 Å². The molecule has 3 aromatic carbocycles. The molecule has 8 nitrogen and oxygen atoms in total. The molecule has 2 N–H and O–H groups in total. The van der Waals surface area contributed by atoms with Crippen LogP contribution in [-0.4, -0.2) is 52.3 Å². The van der Waals surface area contributed by atoms with Crippen molar-refractivity contribution >= 4 is 11.9 Å². The Morgan fingerprint density at radius 1 is 0.980 bits per heavy atom. The quantitative estimate of drug-likeness (QED) is 0.210. The van der Waals surface area contributed by atoms with E-state index in [1.807, 2.05) is 13.0 Å². The Morgan fingerprint density at radius 3 is 2.37 bits per heavy atom. The third-order valence-corrected chi connectivity index (χ3v) is 9.18. The highest BCUT2D eigenvalue weighted by Crippen LogP contribution is 2.41. The van der Waals surface area contributed by atoms with Gasteiger partial charge in [-0.25, -0.2) is 13.2 Å². The SMILES string of the molecule is Cc1cc(C)c2c(c1)Oc1ccc(F)c(c1)[C@H](n1cc(CCN3CC(F)C3)c(C(F)(F)F)cc1=O)C(=O)N[C@H](CC(=O)O)c1cc-2cc(C)c1F. The van der Waals surface area contributed by atoms with E-state index < -0.39 is 76.6 Å². The number of aromatic nitrogens is 1. The van der Waals surface area contributed by atoms with E-state index in [9.17, 15) is 37.1 Å². The van der Waals surface area contributed by atoms with Gasteiger partial charge in [-0.2, -0.15) is 13.2 Å². The molecule has 2 aliphatic rings. The number of carboxylic acid groups (broad SMARTS) is 1. The molecule has 2 atom stereocenters. The number of nitrogens with zero attached hydrogens (tertiary/aromatic N) is 2. The zero-order chi connectivity index (χ0) is 36.9. The maximum Gasteiger partial charge on any atom is 0.416 e. The van der Waals surface area contributed by atoms with Gasteiger partial charge in [0.05, 0.1) is 18.0 Å². The molecule has 0 saturated carbocycles. The lowest BCUT2D eigenvalue weighted by Crippen LogP contribution is -2.49. The molecular weight excluding hydrogens is 680 g/mol. The number of rotatable bonds is 6. The first-order valence-corrected chi connectivity index (χ1v) is 16.1. The van der Waals surface area contributed by atoms with Gasteiger partial charge in [-0.05, 0) is 91.4 Å². The number of aliphatic carboxylic acids is 1. The largest absolute Gasteiger partial charge is 0.481 e. The third-order valence-electron chi connectivity index (χ3n) is 9.18. The summed E-state index contributed by atoms with van der Waals surface area (Å²) in [5.74, 6) is -4.20. The fraction of sp³-hybridized carbons (Fsp3) is 0.324. The zero-order valence-electron chi connectivity index (χ0n) is 27.7. The molecule has 4 aromatic rings. The topological polar surface area (TPSA) is 101 Å². The number of fused-ring (bicyclic) bond motifs is 6. The molecule has 51 heavy (non-hydrogen) atoms. The Bertz CT molecular complexity index is 2110. The number of likely N-dealkylation sites (tertiary alicyclic amines) is 1. The Labute approximate surface area is 288 Å². The minimum Gasteiger partial charge on any atom is -0.481 e. The van der Waals surface area contributed by atoms with Crippen molar-refractivity contribution in [2.75, 3.05) is 19.6 Å². The number of hydrogen-bond acceptors (Lipinski definition) is 5. The molecule has 1 fully saturated rings. The number of alkyl halides is 4. The number of ether oxygens (including phenoxy) is 1. The van der Waals surface area contributed by atoms with Crippen molar-refractivity contribution in [3.63, 3.8) is 0 Å². The van der Waals surface area contributed by atoms with Gasteiger partial charge in [-0.1, -0.05) is 6.07 Å². The normalized spacial score (nSPS) is 18.0. The molecule has 0 radical (unpaired) electrons. The molecule has 0 unspecified atom stereocenters. The van der Waals surface area contributed by atoms with E-state index in [0.717, 1.165) is 23.9 Å². The van der Waals surface area contributed by atoms with E-state index in [-0.39, 0.29) is 48.7 Å². The van der Waals surface area contributed by atoms with Gasteiger partial charge in [-0.3, -0.25) is 23.9 Å². The lowest BCUT2D eigenvalue weighted by Gasteiger charge is -2.34. The molecule has 1 aromatic heterocycles. The molecule has 14 heteroatoms. The van der Waals surface area contributed by atoms with Crippen LogP contribution in [0.5, 0.6) is 11.5 Å². The van der Waals surface area contributed by atoms with Gasteiger partial charge in [0, 0.05) is 48.6 Å². The van der Waals surface area contributed by atoms with Crippen molar-refractivity contribution in [2.24, 2.45) is 0 Å². The standard InChI is InChI=1S/C37H33F6N3O5/c1-18-8-19(2)33-22-10-20(3)34(40)26(11-22)29(14-32(48)49)44-36(50)35(25-12-24(4-5-28(25)39)51-30(33)9-18)46-15-21(6-7-45-16-23(38)17-45)27(13-31(46)47)37(41,42)43/h4-5,8-13,15,23,29,35H,6-7,14,16-17H2,1-3H3,(H,44,50)(H,48,49)/t29-,35+/m1/s1. The average Bonchev–Trinajstić information content (AvgIpc) is 3.01. The number of aryl methyl sites for hydroxylation is 3. The second kappa shape index (κ2) is 13.5. The van der Waals surface area contributed by atoms with Crippen LogP contribution in [-0.2, 0) is 22.2 Å². The Balaban J connectivity index is 1.59. The van der Waals surface area contributed by atoms with E-state index in [0.29, 0.717) is 27.3 Å². The summed E-state index contributed by atoms with van der Waals surface area (Å²) < 4.78 is 94.7. The first kappa shape index (κ1) is 35.7. The van der Waals surface area contributed by atoms with Gasteiger partial charge in [-0.15, -0.1) is 0 Å². The molecule has 1 amide bonds. The van der Waals surface area contributed by atoms with Crippen LogP contribution in [0.15, 0.2) is 59.5 Å². The highest BCUT2D eigenvalue weighted by molar-refractivity contribution is 5.85. The number of carboxylic acids is 1. The van der Waals surface area contributed by atoms with Crippen molar-refractivity contribution in [1.82, 2.24) is 14.8 Å². The molecule has 2 aliphatic heterocycles. The molecule has 1 saturated heterocycles. The first-order chi connectivity index (χ1) is 24.0. The minimum atomic E-state index is -4.98. The number of nitrogens with one attached hydrogen (secondary N) is 1. The Hall–Kier alpha value is -5.11. The smallest absolute Gasteiger partial charge is 0.416 e. The van der Waals surface area contributed by atoms with Crippen LogP contribution in [0.25, 0.3) is 11.1 Å². The maximum absolute atomic E-state index is 15.9. The molecule has 0 spiro atoms. The summed E-state index contributed by atoms with van der Waals surface area (Å²) in [5.41, 5.74) is -1.17. The second-order valence-corrected chi connectivity index (χ2v) is 13.1. The highest BCUT2D eigenvalue weighted by atomic mass is 19.4. The van der Waals surface area contributed by atoms with Crippen LogP contribution in [0.2, 0.25) is 0 Å². The third kappa shape index (κ3) is 7.23. The van der Waals surface area contributed by atoms with E-state index in [4.69, 9.17) is 4.74 Å². The van der Waals surface area contributed by atoms with Crippen molar-refractivity contribution in [3.05, 3.63) is 116 Å². The Morgan fingerprint density at radius 2 is 1.71 bits per heavy atom. The van der Waals surface area contributed by atoms with E-state index in [1.54, 1.807) is 24.0 Å². The summed E-state index contributed by atoms with van der Waals surface area (Å²) >= 11 is 0. The van der Waals surface area contributed by atoms with Gasteiger partial charge in [0.1, 0.15) is 35.3 Å². The van der Waals surface area contributed by atoms with Crippen molar-refractivity contribution in [1.29, 1.82) is 0 Å². The van der Waals surface area contributed by atoms with E-state index >= 15 is 8.78 Å². The molecular formula is C37H33F6N3O5. The summed E-state index contributed by atoms with van der Waals surface area (Å²) in [4.78, 5) is 41.5. The summed E-state index contributed by atoms with van der Waals surface area (Å²) in [5, 5.41) is 12.3. The highest BCUT2D eigenvalue weighted by Gasteiger charge is 2.38. The fourth-order valence-electron chi connectivity index (χ4n) is 6.80. The van der Waals surface area contributed by atoms with Crippen LogP contribution in [0.3, 0.4) is 0 Å². The van der Waals surface area contributed by atoms with Crippen LogP contribution in [0, 0.1) is 32.4 Å². The van der Waals surface area contributed by atoms with E-state index in [1.165, 1.54) is 19.1 Å². The number of benzene rings is 3.